The third-order valence-electron chi connectivity index (χ3n) is 4.04. The lowest BCUT2D eigenvalue weighted by atomic mass is 9.75. The number of hydrogen-bond donors (Lipinski definition) is 1. The van der Waals surface area contributed by atoms with Crippen LogP contribution < -0.4 is 5.32 Å². The number of carbonyl (C=O) groups excluding carboxylic acids is 1. The molecule has 0 radical (unpaired) electrons. The Balaban J connectivity index is 2.74. The van der Waals surface area contributed by atoms with Crippen LogP contribution in [0, 0.1) is 16.7 Å². The summed E-state index contributed by atoms with van der Waals surface area (Å²) in [5.41, 5.74) is -0.242. The van der Waals surface area contributed by atoms with Gasteiger partial charge in [-0.15, -0.1) is 0 Å². The van der Waals surface area contributed by atoms with Crippen molar-refractivity contribution in [1.82, 2.24) is 10.2 Å². The van der Waals surface area contributed by atoms with Crippen molar-refractivity contribution in [1.29, 1.82) is 5.26 Å². The van der Waals surface area contributed by atoms with Crippen LogP contribution in [-0.2, 0) is 9.53 Å². The van der Waals surface area contributed by atoms with Crippen LogP contribution in [0.3, 0.4) is 0 Å². The summed E-state index contributed by atoms with van der Waals surface area (Å²) >= 11 is 0. The zero-order valence-corrected chi connectivity index (χ0v) is 12.1. The Kier molecular flexibility index (Phi) is 6.82. The molecular weight excluding hydrogens is 242 g/mol. The summed E-state index contributed by atoms with van der Waals surface area (Å²) < 4.78 is 5.07. The molecule has 0 spiro atoms. The van der Waals surface area contributed by atoms with Gasteiger partial charge in [-0.2, -0.15) is 5.26 Å². The highest BCUT2D eigenvalue weighted by Crippen LogP contribution is 2.34. The van der Waals surface area contributed by atoms with E-state index in [9.17, 15) is 4.79 Å². The summed E-state index contributed by atoms with van der Waals surface area (Å²) in [5, 5.41) is 12.0. The van der Waals surface area contributed by atoms with E-state index in [1.165, 1.54) is 0 Å². The lowest BCUT2D eigenvalue weighted by Crippen LogP contribution is -2.50. The molecule has 19 heavy (non-hydrogen) atoms. The predicted octanol–water partition coefficient (Wildman–Crippen LogP) is 1.15. The number of methoxy groups -OCH3 is 1. The van der Waals surface area contributed by atoms with Gasteiger partial charge in [0.2, 0.25) is 5.91 Å². The lowest BCUT2D eigenvalue weighted by molar-refractivity contribution is -0.144. The number of ether oxygens (including phenoxy) is 1. The van der Waals surface area contributed by atoms with Crippen LogP contribution in [0.4, 0.5) is 0 Å². The molecule has 0 unspecified atom stereocenters. The molecule has 1 fully saturated rings. The van der Waals surface area contributed by atoms with E-state index >= 15 is 0 Å². The van der Waals surface area contributed by atoms with Crippen LogP contribution in [-0.4, -0.2) is 50.7 Å². The zero-order valence-electron chi connectivity index (χ0n) is 12.1. The van der Waals surface area contributed by atoms with Crippen molar-refractivity contribution in [3.8, 4) is 6.07 Å². The Morgan fingerprint density at radius 2 is 2.11 bits per heavy atom. The minimum atomic E-state index is -0.242. The van der Waals surface area contributed by atoms with Gasteiger partial charge in [-0.25, -0.2) is 0 Å². The average Bonchev–Trinajstić information content (AvgIpc) is 2.47. The van der Waals surface area contributed by atoms with Crippen LogP contribution in [0.15, 0.2) is 0 Å². The monoisotopic (exact) mass is 267 g/mol. The molecule has 5 nitrogen and oxygen atoms in total. The summed E-state index contributed by atoms with van der Waals surface area (Å²) in [6.45, 7) is 5.49. The highest BCUT2D eigenvalue weighted by molar-refractivity contribution is 5.83. The van der Waals surface area contributed by atoms with Crippen molar-refractivity contribution in [2.24, 2.45) is 5.41 Å². The van der Waals surface area contributed by atoms with Gasteiger partial charge in [0.1, 0.15) is 0 Å². The first kappa shape index (κ1) is 15.9. The van der Waals surface area contributed by atoms with Crippen LogP contribution in [0.5, 0.6) is 0 Å². The number of nitrogens with zero attached hydrogens (tertiary/aromatic N) is 2. The number of amides is 1. The van der Waals surface area contributed by atoms with E-state index in [4.69, 9.17) is 10.00 Å². The quantitative estimate of drug-likeness (QED) is 0.751. The number of piperidine rings is 1. The van der Waals surface area contributed by atoms with Gasteiger partial charge in [-0.3, -0.25) is 4.79 Å². The molecule has 0 bridgehead atoms. The molecule has 0 aromatic rings. The Bertz CT molecular complexity index is 319. The highest BCUT2D eigenvalue weighted by Gasteiger charge is 2.40. The minimum absolute atomic E-state index is 0.198. The number of carbonyl (C=O) groups is 1. The zero-order chi connectivity index (χ0) is 14.1. The summed E-state index contributed by atoms with van der Waals surface area (Å²) in [5.74, 6) is 0.198. The molecule has 1 N–H and O–H groups in total. The highest BCUT2D eigenvalue weighted by atomic mass is 16.5. The molecule has 0 atom stereocenters. The van der Waals surface area contributed by atoms with E-state index in [1.54, 1.807) is 7.11 Å². The Morgan fingerprint density at radius 3 is 2.63 bits per heavy atom. The lowest BCUT2D eigenvalue weighted by Gasteiger charge is -2.39. The Morgan fingerprint density at radius 1 is 1.42 bits per heavy atom. The smallest absolute Gasteiger partial charge is 0.228 e. The maximum absolute atomic E-state index is 12.8. The second kappa shape index (κ2) is 8.13. The number of rotatable bonds is 7. The summed E-state index contributed by atoms with van der Waals surface area (Å²) in [6, 6.07) is 2.12. The maximum Gasteiger partial charge on any atom is 0.228 e. The molecule has 0 aliphatic carbocycles. The first-order valence-electron chi connectivity index (χ1n) is 7.06. The topological polar surface area (TPSA) is 65.4 Å². The van der Waals surface area contributed by atoms with Crippen LogP contribution in [0.25, 0.3) is 0 Å². The molecule has 0 saturated carbocycles. The normalized spacial score (nSPS) is 17.7. The molecule has 0 aromatic carbocycles. The third kappa shape index (κ3) is 4.19. The van der Waals surface area contributed by atoms with E-state index in [1.807, 2.05) is 4.90 Å². The van der Waals surface area contributed by atoms with Gasteiger partial charge in [0.05, 0.1) is 24.5 Å². The molecular formula is C14H25N3O2. The molecule has 1 aliphatic heterocycles. The van der Waals surface area contributed by atoms with Gasteiger partial charge in [0.15, 0.2) is 0 Å². The number of hydrogen-bond acceptors (Lipinski definition) is 4. The van der Waals surface area contributed by atoms with E-state index in [-0.39, 0.29) is 11.3 Å². The van der Waals surface area contributed by atoms with Crippen molar-refractivity contribution in [3.05, 3.63) is 0 Å². The molecule has 108 valence electrons. The van der Waals surface area contributed by atoms with Gasteiger partial charge in [-0.1, -0.05) is 6.92 Å². The van der Waals surface area contributed by atoms with Crippen LogP contribution in [0.2, 0.25) is 0 Å². The van der Waals surface area contributed by atoms with Crippen LogP contribution in [0.1, 0.15) is 32.6 Å². The molecule has 1 amide bonds. The van der Waals surface area contributed by atoms with Gasteiger partial charge < -0.3 is 15.0 Å². The van der Waals surface area contributed by atoms with Crippen molar-refractivity contribution in [3.63, 3.8) is 0 Å². The molecule has 5 heteroatoms. The third-order valence-corrected chi connectivity index (χ3v) is 4.04. The second-order valence-corrected chi connectivity index (χ2v) is 5.08. The molecule has 1 saturated heterocycles. The van der Waals surface area contributed by atoms with Crippen LogP contribution >= 0.6 is 0 Å². The van der Waals surface area contributed by atoms with Crippen molar-refractivity contribution in [2.75, 3.05) is 39.9 Å². The Labute approximate surface area is 115 Å². The standard InChI is InChI=1S/C14H25N3O2/c1-3-14(5-8-16-9-6-14)13(18)17(10-4-7-15)11-12-19-2/h16H,3-6,8-12H2,1-2H3. The van der Waals surface area contributed by atoms with E-state index < -0.39 is 0 Å². The van der Waals surface area contributed by atoms with E-state index in [0.29, 0.717) is 26.1 Å². The van der Waals surface area contributed by atoms with E-state index in [2.05, 4.69) is 18.3 Å². The first-order valence-corrected chi connectivity index (χ1v) is 7.06. The fraction of sp³-hybridized carbons (Fsp3) is 0.857. The SMILES string of the molecule is CCC1(C(=O)N(CCC#N)CCOC)CCNCC1. The van der Waals surface area contributed by atoms with Crippen molar-refractivity contribution >= 4 is 5.91 Å². The number of nitrogens with one attached hydrogen (secondary N) is 1. The van der Waals surface area contributed by atoms with Crippen molar-refractivity contribution in [2.45, 2.75) is 32.6 Å². The number of nitriles is 1. The second-order valence-electron chi connectivity index (χ2n) is 5.08. The molecule has 1 heterocycles. The summed E-state index contributed by atoms with van der Waals surface area (Å²) in [7, 11) is 1.63. The minimum Gasteiger partial charge on any atom is -0.383 e. The van der Waals surface area contributed by atoms with Gasteiger partial charge in [0, 0.05) is 20.2 Å². The summed E-state index contributed by atoms with van der Waals surface area (Å²) in [4.78, 5) is 14.6. The first-order chi connectivity index (χ1) is 9.20. The van der Waals surface area contributed by atoms with Gasteiger partial charge in [0.25, 0.3) is 0 Å². The Hall–Kier alpha value is -1.12. The molecule has 1 aliphatic rings. The van der Waals surface area contributed by atoms with E-state index in [0.717, 1.165) is 32.4 Å². The summed E-state index contributed by atoms with van der Waals surface area (Å²) in [6.07, 6.45) is 3.02. The maximum atomic E-state index is 12.8. The van der Waals surface area contributed by atoms with Gasteiger partial charge in [-0.05, 0) is 32.4 Å². The predicted molar refractivity (Wildman–Crippen MR) is 73.5 cm³/mol. The molecule has 0 aromatic heterocycles. The van der Waals surface area contributed by atoms with Crippen molar-refractivity contribution < 1.29 is 9.53 Å². The fourth-order valence-corrected chi connectivity index (χ4v) is 2.66. The van der Waals surface area contributed by atoms with Gasteiger partial charge >= 0.3 is 0 Å². The average molecular weight is 267 g/mol. The fourth-order valence-electron chi connectivity index (χ4n) is 2.66. The molecule has 1 rings (SSSR count). The largest absolute Gasteiger partial charge is 0.383 e.